The van der Waals surface area contributed by atoms with Crippen molar-refractivity contribution in [2.24, 2.45) is 16.5 Å². The number of hydrogen-bond donors (Lipinski definition) is 5. The first-order valence-corrected chi connectivity index (χ1v) is 18.0. The van der Waals surface area contributed by atoms with Crippen LogP contribution in [0.1, 0.15) is 69.0 Å². The van der Waals surface area contributed by atoms with Crippen molar-refractivity contribution < 1.29 is 14.2 Å². The molecule has 6 rings (SSSR count). The van der Waals surface area contributed by atoms with Crippen LogP contribution in [0.15, 0.2) is 47.5 Å². The summed E-state index contributed by atoms with van der Waals surface area (Å²) in [7, 11) is 0. The van der Waals surface area contributed by atoms with E-state index in [0.29, 0.717) is 22.8 Å². The molecule has 0 aliphatic carbocycles. The highest BCUT2D eigenvalue weighted by Gasteiger charge is 2.45. The largest absolute Gasteiger partial charge is 0.396 e. The molecule has 1 aromatic heterocycles. The van der Waals surface area contributed by atoms with Gasteiger partial charge in [0.25, 0.3) is 0 Å². The van der Waals surface area contributed by atoms with Crippen molar-refractivity contribution in [1.29, 1.82) is 5.41 Å². The molecular weight excluding hydrogens is 637 g/mol. The number of nitrogens with zero attached hydrogens (tertiary/aromatic N) is 3. The third-order valence-corrected chi connectivity index (χ3v) is 10.4. The number of benzene rings is 2. The molecule has 2 unspecified atom stereocenters. The molecule has 2 fully saturated rings. The van der Waals surface area contributed by atoms with Crippen molar-refractivity contribution in [3.05, 3.63) is 75.1 Å². The molecule has 3 aliphatic rings. The highest BCUT2D eigenvalue weighted by molar-refractivity contribution is 8.13. The Bertz CT molecular complexity index is 1680. The zero-order valence-corrected chi connectivity index (χ0v) is 28.4. The van der Waals surface area contributed by atoms with E-state index in [0.717, 1.165) is 80.1 Å². The molecule has 9 nitrogen and oxygen atoms in total. The van der Waals surface area contributed by atoms with Crippen molar-refractivity contribution in [3.8, 4) is 11.3 Å². The summed E-state index contributed by atoms with van der Waals surface area (Å²) in [5.74, 6) is 0.353. The van der Waals surface area contributed by atoms with E-state index in [-0.39, 0.29) is 41.3 Å². The molecule has 0 spiro atoms. The fourth-order valence-electron chi connectivity index (χ4n) is 6.98. The molecule has 0 radical (unpaired) electrons. The minimum Gasteiger partial charge on any atom is -0.396 e. The number of aryl methyl sites for hydroxylation is 1. The number of aliphatic hydroxyl groups is 1. The molecule has 0 saturated carbocycles. The van der Waals surface area contributed by atoms with Crippen LogP contribution in [-0.2, 0) is 11.2 Å². The minimum atomic E-state index is -0.456. The maximum absolute atomic E-state index is 15.3. The first-order valence-electron chi connectivity index (χ1n) is 16.6. The number of piperidine rings is 1. The summed E-state index contributed by atoms with van der Waals surface area (Å²) in [5.41, 5.74) is 16.4. The third kappa shape index (κ3) is 8.04. The lowest BCUT2D eigenvalue weighted by Gasteiger charge is -2.42. The number of anilines is 1. The van der Waals surface area contributed by atoms with E-state index in [4.69, 9.17) is 38.2 Å². The van der Waals surface area contributed by atoms with Gasteiger partial charge in [0.05, 0.1) is 10.7 Å². The van der Waals surface area contributed by atoms with Crippen molar-refractivity contribution in [2.45, 2.75) is 88.9 Å². The standard InChI is InChI=1S/C35H45ClFN7O2S/c1-21(38)5-2-6-22-17-27(31(37)28(36)18-22)29-19-24-20-44(34-33(46-34)42-32(24)41-29)26-11-9-23(10-12-26)30-8-3-7-25(13-15-45)43(30)14-4-16-47-35(39)40/h9-12,17-21,25,30,33-34,45H,2-8,13-16,38H2,1H3,(H3,39,40)(H,41,42)/t21-,25-,30-,33?,34?/m0/s1. The molecule has 5 atom stereocenters. The van der Waals surface area contributed by atoms with Crippen LogP contribution in [0.4, 0.5) is 10.1 Å². The molecule has 3 aromatic rings. The lowest BCUT2D eigenvalue weighted by molar-refractivity contribution is 0.0654. The number of aromatic amines is 1. The van der Waals surface area contributed by atoms with Crippen molar-refractivity contribution in [1.82, 2.24) is 9.88 Å². The number of fused-ring (bicyclic) bond motifs is 2. The Kier molecular flexibility index (Phi) is 10.9. The molecule has 0 bridgehead atoms. The zero-order valence-electron chi connectivity index (χ0n) is 26.8. The van der Waals surface area contributed by atoms with Gasteiger partial charge in [-0.3, -0.25) is 10.3 Å². The van der Waals surface area contributed by atoms with E-state index in [1.807, 2.05) is 25.3 Å². The second-order valence-electron chi connectivity index (χ2n) is 12.9. The maximum Gasteiger partial charge on any atom is 0.198 e. The number of ether oxygens (including phenoxy) is 1. The van der Waals surface area contributed by atoms with Crippen molar-refractivity contribution >= 4 is 40.4 Å². The summed E-state index contributed by atoms with van der Waals surface area (Å²) in [6.45, 7) is 3.06. The van der Waals surface area contributed by atoms with E-state index in [2.05, 4.69) is 39.0 Å². The monoisotopic (exact) mass is 681 g/mol. The van der Waals surface area contributed by atoms with Gasteiger partial charge >= 0.3 is 0 Å². The van der Waals surface area contributed by atoms with E-state index in [1.165, 1.54) is 17.3 Å². The summed E-state index contributed by atoms with van der Waals surface area (Å²) in [6.07, 6.45) is 9.01. The minimum absolute atomic E-state index is 0.102. The number of likely N-dealkylation sites (tertiary alicyclic amines) is 1. The van der Waals surface area contributed by atoms with Crippen molar-refractivity contribution in [3.63, 3.8) is 0 Å². The lowest BCUT2D eigenvalue weighted by atomic mass is 9.89. The topological polar surface area (TPSA) is 143 Å². The van der Waals surface area contributed by atoms with Crippen LogP contribution >= 0.6 is 23.4 Å². The van der Waals surface area contributed by atoms with Gasteiger partial charge in [0, 0.05) is 53.2 Å². The smallest absolute Gasteiger partial charge is 0.198 e. The molecule has 2 saturated heterocycles. The number of aromatic nitrogens is 1. The van der Waals surface area contributed by atoms with E-state index in [1.54, 1.807) is 6.07 Å². The van der Waals surface area contributed by atoms with Gasteiger partial charge in [-0.25, -0.2) is 9.38 Å². The van der Waals surface area contributed by atoms with Crippen molar-refractivity contribution in [2.75, 3.05) is 23.8 Å². The summed E-state index contributed by atoms with van der Waals surface area (Å²) < 4.78 is 21.3. The SMILES string of the molecule is C[C@H](N)CCCc1cc(Cl)c(F)c(-c2cc3c([nH]2)=NC2OC2N(c2ccc([C@@H]4CCC[C@@H](CCO)N4CCCSC(=N)N)cc2)C=3)c1. The van der Waals surface area contributed by atoms with Crippen LogP contribution < -0.4 is 27.1 Å². The number of nitrogens with one attached hydrogen (secondary N) is 2. The summed E-state index contributed by atoms with van der Waals surface area (Å²) in [6, 6.07) is 14.9. The highest BCUT2D eigenvalue weighted by Crippen LogP contribution is 2.38. The number of H-pyrrole nitrogens is 1. The molecule has 0 amide bonds. The number of aliphatic hydroxyl groups excluding tert-OH is 1. The Balaban J connectivity index is 1.23. The number of epoxide rings is 1. The third-order valence-electron chi connectivity index (χ3n) is 9.33. The first-order chi connectivity index (χ1) is 22.7. The summed E-state index contributed by atoms with van der Waals surface area (Å²) in [4.78, 5) is 12.7. The van der Waals surface area contributed by atoms with Crippen LogP contribution in [0, 0.1) is 11.2 Å². The molecular formula is C35H45ClFN7O2S. The lowest BCUT2D eigenvalue weighted by Crippen LogP contribution is -2.43. The number of nitrogens with two attached hydrogens (primary N) is 2. The van der Waals surface area contributed by atoms with Crippen LogP contribution in [-0.4, -0.2) is 63.6 Å². The van der Waals surface area contributed by atoms with Crippen LogP contribution in [0.25, 0.3) is 17.5 Å². The Labute approximate surface area is 284 Å². The van der Waals surface area contributed by atoms with Gasteiger partial charge in [0.1, 0.15) is 5.49 Å². The number of amidine groups is 1. The molecule has 47 heavy (non-hydrogen) atoms. The fourth-order valence-corrected chi connectivity index (χ4v) is 7.71. The van der Waals surface area contributed by atoms with Crippen LogP contribution in [0.3, 0.4) is 0 Å². The Hall–Kier alpha value is -2.93. The summed E-state index contributed by atoms with van der Waals surface area (Å²) in [5, 5.41) is 18.4. The van der Waals surface area contributed by atoms with Gasteiger partial charge in [-0.2, -0.15) is 0 Å². The molecule has 2 aromatic carbocycles. The van der Waals surface area contributed by atoms with Gasteiger partial charge in [-0.05, 0) is 106 Å². The van der Waals surface area contributed by atoms with Gasteiger partial charge < -0.3 is 31.2 Å². The fraction of sp³-hybridized carbons (Fsp3) is 0.486. The zero-order chi connectivity index (χ0) is 33.1. The van der Waals surface area contributed by atoms with Gasteiger partial charge in [-0.1, -0.05) is 35.5 Å². The number of hydrogen-bond acceptors (Lipinski definition) is 8. The molecule has 4 heterocycles. The van der Waals surface area contributed by atoms with Gasteiger partial charge in [-0.15, -0.1) is 0 Å². The van der Waals surface area contributed by atoms with Gasteiger partial charge in [0.2, 0.25) is 0 Å². The Morgan fingerprint density at radius 2 is 2.04 bits per heavy atom. The molecule has 12 heteroatoms. The molecule has 252 valence electrons. The number of halogens is 2. The summed E-state index contributed by atoms with van der Waals surface area (Å²) >= 11 is 7.72. The predicted octanol–water partition coefficient (Wildman–Crippen LogP) is 5.00. The van der Waals surface area contributed by atoms with Gasteiger partial charge in [0.15, 0.2) is 23.4 Å². The van der Waals surface area contributed by atoms with Crippen LogP contribution in [0.5, 0.6) is 0 Å². The molecule has 3 aliphatic heterocycles. The highest BCUT2D eigenvalue weighted by atomic mass is 35.5. The normalized spacial score (nSPS) is 22.9. The van der Waals surface area contributed by atoms with E-state index >= 15 is 4.39 Å². The average molecular weight is 682 g/mol. The second-order valence-corrected chi connectivity index (χ2v) is 14.4. The second kappa shape index (κ2) is 15.1. The number of rotatable bonds is 13. The average Bonchev–Trinajstić information content (AvgIpc) is 3.72. The predicted molar refractivity (Wildman–Crippen MR) is 188 cm³/mol. The Morgan fingerprint density at radius 3 is 2.79 bits per heavy atom. The molecule has 7 N–H and O–H groups in total. The van der Waals surface area contributed by atoms with E-state index < -0.39 is 5.82 Å². The number of thioether (sulfide) groups is 1. The van der Waals surface area contributed by atoms with Crippen LogP contribution in [0.2, 0.25) is 5.02 Å². The first kappa shape index (κ1) is 34.0. The van der Waals surface area contributed by atoms with E-state index in [9.17, 15) is 5.11 Å². The maximum atomic E-state index is 15.3. The Morgan fingerprint density at radius 1 is 1.23 bits per heavy atom. The quantitative estimate of drug-likeness (QED) is 0.0740.